The Bertz CT molecular complexity index is 798. The van der Waals surface area contributed by atoms with Gasteiger partial charge in [-0.3, -0.25) is 10.1 Å². The van der Waals surface area contributed by atoms with E-state index in [1.165, 1.54) is 12.1 Å². The molecular formula is C21H25F3N2O3. The molecule has 158 valence electrons. The molecule has 3 atom stereocenters. The maximum absolute atomic E-state index is 12.8. The van der Waals surface area contributed by atoms with Gasteiger partial charge in [0.15, 0.2) is 0 Å². The van der Waals surface area contributed by atoms with Crippen LogP contribution < -0.4 is 5.32 Å². The largest absolute Gasteiger partial charge is 0.446 e. The minimum atomic E-state index is -4.47. The number of nitrogens with one attached hydrogen (secondary N) is 1. The molecule has 0 unspecified atom stereocenters. The highest BCUT2D eigenvalue weighted by Gasteiger charge is 2.52. The normalized spacial score (nSPS) is 29.6. The number of benzene rings is 1. The van der Waals surface area contributed by atoms with Crippen molar-refractivity contribution in [3.05, 3.63) is 29.8 Å². The van der Waals surface area contributed by atoms with Crippen LogP contribution in [0.2, 0.25) is 0 Å². The van der Waals surface area contributed by atoms with Gasteiger partial charge in [-0.1, -0.05) is 6.07 Å². The molecule has 1 N–H and O–H groups in total. The molecule has 5 nitrogen and oxygen atoms in total. The Morgan fingerprint density at radius 2 is 2.03 bits per heavy atom. The van der Waals surface area contributed by atoms with Crippen molar-refractivity contribution >= 4 is 17.7 Å². The molecule has 8 heteroatoms. The Morgan fingerprint density at radius 1 is 1.21 bits per heavy atom. The topological polar surface area (TPSA) is 58.6 Å². The Morgan fingerprint density at radius 3 is 2.83 bits per heavy atom. The zero-order valence-electron chi connectivity index (χ0n) is 16.1. The number of amides is 2. The first-order chi connectivity index (χ1) is 13.8. The van der Waals surface area contributed by atoms with Gasteiger partial charge in [0.25, 0.3) is 0 Å². The summed E-state index contributed by atoms with van der Waals surface area (Å²) in [6.07, 6.45) is 1.08. The van der Waals surface area contributed by atoms with Gasteiger partial charge in [-0.2, -0.15) is 13.2 Å². The van der Waals surface area contributed by atoms with E-state index in [2.05, 4.69) is 10.2 Å². The summed E-state index contributed by atoms with van der Waals surface area (Å²) in [7, 11) is 0. The van der Waals surface area contributed by atoms with Crippen LogP contribution in [0.15, 0.2) is 24.3 Å². The molecule has 0 radical (unpaired) electrons. The SMILES string of the molecule is O=C(Nc1cccc(C(F)(F)F)c1)O[C@@H]1CC[C@@]23CCCN2C(=O)CCC[C@H]3C1. The lowest BCUT2D eigenvalue weighted by Gasteiger charge is -2.48. The molecule has 29 heavy (non-hydrogen) atoms. The number of rotatable bonds is 2. The summed E-state index contributed by atoms with van der Waals surface area (Å²) in [5.41, 5.74) is -0.858. The monoisotopic (exact) mass is 410 g/mol. The third-order valence-electron chi connectivity index (χ3n) is 6.69. The van der Waals surface area contributed by atoms with E-state index in [0.717, 1.165) is 50.8 Å². The lowest BCUT2D eigenvalue weighted by atomic mass is 9.69. The summed E-state index contributed by atoms with van der Waals surface area (Å²) >= 11 is 0. The van der Waals surface area contributed by atoms with Crippen LogP contribution >= 0.6 is 0 Å². The molecule has 1 spiro atoms. The molecule has 2 amide bonds. The first-order valence-electron chi connectivity index (χ1n) is 10.2. The standard InChI is InChI=1S/C21H25F3N2O3/c22-21(23,24)15-5-1-6-16(12-15)25-19(28)29-17-8-10-20-9-3-11-26(20)18(27)7-2-4-14(20)13-17/h1,5-6,12,14,17H,2-4,7-11,13H2,(H,25,28)/t14-,17+,20+/m0/s1. The van der Waals surface area contributed by atoms with E-state index >= 15 is 0 Å². The molecule has 4 rings (SSSR count). The lowest BCUT2D eigenvalue weighted by Crippen LogP contribution is -2.54. The molecule has 3 fully saturated rings. The van der Waals surface area contributed by atoms with Crippen LogP contribution in [0.3, 0.4) is 0 Å². The maximum Gasteiger partial charge on any atom is 0.416 e. The minimum Gasteiger partial charge on any atom is -0.446 e. The van der Waals surface area contributed by atoms with Crippen LogP contribution in [0.4, 0.5) is 23.7 Å². The molecule has 1 aromatic carbocycles. The van der Waals surface area contributed by atoms with E-state index in [-0.39, 0.29) is 23.2 Å². The van der Waals surface area contributed by atoms with Gasteiger partial charge < -0.3 is 9.64 Å². The number of hydrogen-bond donors (Lipinski definition) is 1. The number of ether oxygens (including phenoxy) is 1. The van der Waals surface area contributed by atoms with Crippen molar-refractivity contribution in [3.8, 4) is 0 Å². The highest BCUT2D eigenvalue weighted by molar-refractivity contribution is 5.84. The molecule has 1 aromatic rings. The van der Waals surface area contributed by atoms with E-state index < -0.39 is 17.8 Å². The van der Waals surface area contributed by atoms with Crippen molar-refractivity contribution in [2.75, 3.05) is 11.9 Å². The Balaban J connectivity index is 1.39. The highest BCUT2D eigenvalue weighted by atomic mass is 19.4. The second kappa shape index (κ2) is 7.54. The fourth-order valence-corrected chi connectivity index (χ4v) is 5.43. The van der Waals surface area contributed by atoms with E-state index in [4.69, 9.17) is 4.74 Å². The summed E-state index contributed by atoms with van der Waals surface area (Å²) in [5, 5.41) is 2.41. The van der Waals surface area contributed by atoms with Crippen molar-refractivity contribution in [1.82, 2.24) is 4.90 Å². The number of alkyl halides is 3. The van der Waals surface area contributed by atoms with Crippen molar-refractivity contribution in [2.45, 2.75) is 69.2 Å². The van der Waals surface area contributed by atoms with E-state index in [1.54, 1.807) is 0 Å². The Kier molecular flexibility index (Phi) is 5.21. The lowest BCUT2D eigenvalue weighted by molar-refractivity contribution is -0.138. The quantitative estimate of drug-likeness (QED) is 0.749. The predicted molar refractivity (Wildman–Crippen MR) is 100 cm³/mol. The number of carbonyl (C=O) groups is 2. The first kappa shape index (κ1) is 20.0. The highest BCUT2D eigenvalue weighted by Crippen LogP contribution is 2.49. The van der Waals surface area contributed by atoms with Gasteiger partial charge in [0.05, 0.1) is 5.56 Å². The van der Waals surface area contributed by atoms with Crippen LogP contribution in [0, 0.1) is 5.92 Å². The molecule has 1 saturated carbocycles. The van der Waals surface area contributed by atoms with Crippen molar-refractivity contribution in [1.29, 1.82) is 0 Å². The van der Waals surface area contributed by atoms with E-state index in [0.29, 0.717) is 25.2 Å². The number of carbonyl (C=O) groups excluding carboxylic acids is 2. The molecular weight excluding hydrogens is 385 g/mol. The second-order valence-electron chi connectivity index (χ2n) is 8.35. The van der Waals surface area contributed by atoms with Gasteiger partial charge >= 0.3 is 12.3 Å². The summed E-state index contributed by atoms with van der Waals surface area (Å²) in [5.74, 6) is 0.545. The van der Waals surface area contributed by atoms with Gasteiger partial charge in [-0.05, 0) is 69.1 Å². The molecule has 3 aliphatic rings. The summed E-state index contributed by atoms with van der Waals surface area (Å²) in [4.78, 5) is 26.8. The van der Waals surface area contributed by atoms with Crippen LogP contribution in [0.25, 0.3) is 0 Å². The fraction of sp³-hybridized carbons (Fsp3) is 0.619. The van der Waals surface area contributed by atoms with E-state index in [9.17, 15) is 22.8 Å². The van der Waals surface area contributed by atoms with Crippen LogP contribution in [-0.4, -0.2) is 35.1 Å². The van der Waals surface area contributed by atoms with Crippen LogP contribution in [0.1, 0.15) is 56.9 Å². The number of nitrogens with zero attached hydrogens (tertiary/aromatic N) is 1. The zero-order valence-corrected chi connectivity index (χ0v) is 16.1. The Hall–Kier alpha value is -2.25. The van der Waals surface area contributed by atoms with Crippen molar-refractivity contribution in [2.24, 2.45) is 5.92 Å². The molecule has 2 saturated heterocycles. The van der Waals surface area contributed by atoms with E-state index in [1.807, 2.05) is 0 Å². The first-order valence-corrected chi connectivity index (χ1v) is 10.2. The van der Waals surface area contributed by atoms with Gasteiger partial charge in [0.1, 0.15) is 6.10 Å². The van der Waals surface area contributed by atoms with Gasteiger partial charge in [-0.25, -0.2) is 4.79 Å². The Labute approximate surface area is 167 Å². The number of anilines is 1. The van der Waals surface area contributed by atoms with Gasteiger partial charge in [0, 0.05) is 24.2 Å². The molecule has 2 heterocycles. The number of hydrogen-bond acceptors (Lipinski definition) is 3. The van der Waals surface area contributed by atoms with Crippen molar-refractivity contribution in [3.63, 3.8) is 0 Å². The van der Waals surface area contributed by atoms with Gasteiger partial charge in [0.2, 0.25) is 5.91 Å². The summed E-state index contributed by atoms with van der Waals surface area (Å²) in [6.45, 7) is 0.816. The molecule has 2 aliphatic heterocycles. The number of halogens is 3. The zero-order chi connectivity index (χ0) is 20.6. The smallest absolute Gasteiger partial charge is 0.416 e. The molecule has 0 bridgehead atoms. The summed E-state index contributed by atoms with van der Waals surface area (Å²) in [6, 6.07) is 4.50. The van der Waals surface area contributed by atoms with Gasteiger partial charge in [-0.15, -0.1) is 0 Å². The third kappa shape index (κ3) is 3.94. The third-order valence-corrected chi connectivity index (χ3v) is 6.69. The predicted octanol–water partition coefficient (Wildman–Crippen LogP) is 4.97. The minimum absolute atomic E-state index is 0.0548. The molecule has 1 aliphatic carbocycles. The summed E-state index contributed by atoms with van der Waals surface area (Å²) < 4.78 is 44.0. The average Bonchev–Trinajstić information content (AvgIpc) is 3.03. The fourth-order valence-electron chi connectivity index (χ4n) is 5.43. The van der Waals surface area contributed by atoms with Crippen LogP contribution in [0.5, 0.6) is 0 Å². The van der Waals surface area contributed by atoms with Crippen molar-refractivity contribution < 1.29 is 27.5 Å². The molecule has 0 aromatic heterocycles. The second-order valence-corrected chi connectivity index (χ2v) is 8.35. The van der Waals surface area contributed by atoms with Crippen LogP contribution in [-0.2, 0) is 15.7 Å². The average molecular weight is 410 g/mol. The maximum atomic E-state index is 12.8.